The van der Waals surface area contributed by atoms with E-state index < -0.39 is 0 Å². The van der Waals surface area contributed by atoms with Gasteiger partial charge in [0.2, 0.25) is 0 Å². The highest BCUT2D eigenvalue weighted by atomic mass is 32.2. The third kappa shape index (κ3) is 2.97. The number of aromatic nitrogens is 2. The second-order valence-corrected chi connectivity index (χ2v) is 6.24. The fourth-order valence-corrected chi connectivity index (χ4v) is 3.21. The molecule has 1 saturated heterocycles. The predicted octanol–water partition coefficient (Wildman–Crippen LogP) is 3.24. The molecule has 1 atom stereocenters. The largest absolute Gasteiger partial charge is 0.353 e. The van der Waals surface area contributed by atoms with Crippen molar-refractivity contribution in [2.45, 2.75) is 45.6 Å². The quantitative estimate of drug-likeness (QED) is 0.835. The summed E-state index contributed by atoms with van der Waals surface area (Å²) >= 11 is 1.93. The third-order valence-corrected chi connectivity index (χ3v) is 4.12. The van der Waals surface area contributed by atoms with Crippen LogP contribution in [0, 0.1) is 6.92 Å². The molecule has 1 aliphatic rings. The second-order valence-electron chi connectivity index (χ2n) is 5.33. The number of aryl methyl sites for hydroxylation is 1. The van der Waals surface area contributed by atoms with Gasteiger partial charge < -0.3 is 4.90 Å². The molecule has 0 saturated carbocycles. The van der Waals surface area contributed by atoms with Gasteiger partial charge in [0.1, 0.15) is 11.6 Å². The van der Waals surface area contributed by atoms with Crippen LogP contribution in [-0.2, 0) is 0 Å². The van der Waals surface area contributed by atoms with Gasteiger partial charge in [-0.1, -0.05) is 13.8 Å². The van der Waals surface area contributed by atoms with Crippen molar-refractivity contribution in [3.8, 4) is 0 Å². The minimum absolute atomic E-state index is 0.394. The highest BCUT2D eigenvalue weighted by Gasteiger charge is 2.25. The summed E-state index contributed by atoms with van der Waals surface area (Å²) in [6.07, 6.45) is 4.76. The molecular weight excluding hydrogens is 242 g/mol. The maximum Gasteiger partial charge on any atom is 0.133 e. The van der Waals surface area contributed by atoms with E-state index >= 15 is 0 Å². The Labute approximate surface area is 114 Å². The molecule has 0 bridgehead atoms. The molecule has 1 unspecified atom stereocenters. The monoisotopic (exact) mass is 265 g/mol. The molecule has 0 amide bonds. The topological polar surface area (TPSA) is 29.0 Å². The Bertz CT molecular complexity index is 406. The number of thioether (sulfide) groups is 1. The first kappa shape index (κ1) is 13.7. The van der Waals surface area contributed by atoms with Crippen LogP contribution in [0.5, 0.6) is 0 Å². The van der Waals surface area contributed by atoms with Gasteiger partial charge in [-0.3, -0.25) is 0 Å². The Morgan fingerprint density at radius 2 is 2.22 bits per heavy atom. The summed E-state index contributed by atoms with van der Waals surface area (Å²) < 4.78 is 0. The lowest BCUT2D eigenvalue weighted by Crippen LogP contribution is -2.32. The lowest BCUT2D eigenvalue weighted by molar-refractivity contribution is 0.715. The summed E-state index contributed by atoms with van der Waals surface area (Å²) in [4.78, 5) is 11.8. The SMILES string of the molecule is CSCC1CCCN1c1cc(C)nc(C(C)C)n1. The van der Waals surface area contributed by atoms with Crippen molar-refractivity contribution >= 4 is 17.6 Å². The van der Waals surface area contributed by atoms with E-state index in [1.54, 1.807) is 0 Å². The predicted molar refractivity (Wildman–Crippen MR) is 79.6 cm³/mol. The van der Waals surface area contributed by atoms with Gasteiger partial charge in [0.25, 0.3) is 0 Å². The van der Waals surface area contributed by atoms with Crippen LogP contribution in [0.2, 0.25) is 0 Å². The first-order chi connectivity index (χ1) is 8.61. The highest BCUT2D eigenvalue weighted by molar-refractivity contribution is 7.98. The molecule has 4 heteroatoms. The zero-order valence-corrected chi connectivity index (χ0v) is 12.6. The summed E-state index contributed by atoms with van der Waals surface area (Å²) in [5.41, 5.74) is 1.08. The Morgan fingerprint density at radius 1 is 1.44 bits per heavy atom. The lowest BCUT2D eigenvalue weighted by Gasteiger charge is -2.26. The molecule has 0 aromatic carbocycles. The second kappa shape index (κ2) is 5.91. The van der Waals surface area contributed by atoms with E-state index in [4.69, 9.17) is 4.98 Å². The molecule has 0 radical (unpaired) electrons. The van der Waals surface area contributed by atoms with Crippen LogP contribution in [0.3, 0.4) is 0 Å². The molecule has 2 heterocycles. The molecule has 0 spiro atoms. The van der Waals surface area contributed by atoms with Crippen molar-refractivity contribution in [3.63, 3.8) is 0 Å². The third-order valence-electron chi connectivity index (χ3n) is 3.40. The van der Waals surface area contributed by atoms with Gasteiger partial charge in [-0.05, 0) is 26.0 Å². The van der Waals surface area contributed by atoms with Crippen molar-refractivity contribution in [1.82, 2.24) is 9.97 Å². The van der Waals surface area contributed by atoms with E-state index in [0.29, 0.717) is 12.0 Å². The van der Waals surface area contributed by atoms with E-state index in [1.807, 2.05) is 11.8 Å². The highest BCUT2D eigenvalue weighted by Crippen LogP contribution is 2.27. The smallest absolute Gasteiger partial charge is 0.133 e. The molecule has 1 aromatic rings. The Balaban J connectivity index is 2.26. The van der Waals surface area contributed by atoms with Crippen LogP contribution in [0.1, 0.15) is 44.1 Å². The van der Waals surface area contributed by atoms with Crippen LogP contribution in [-0.4, -0.2) is 34.6 Å². The Hall–Kier alpha value is -0.770. The number of anilines is 1. The molecule has 3 nitrogen and oxygen atoms in total. The van der Waals surface area contributed by atoms with Crippen molar-refractivity contribution in [3.05, 3.63) is 17.6 Å². The molecule has 1 aromatic heterocycles. The standard InChI is InChI=1S/C14H23N3S/c1-10(2)14-15-11(3)8-13(16-14)17-7-5-6-12(17)9-18-4/h8,10,12H,5-7,9H2,1-4H3. The van der Waals surface area contributed by atoms with Crippen LogP contribution < -0.4 is 4.90 Å². The van der Waals surface area contributed by atoms with Crippen molar-refractivity contribution < 1.29 is 0 Å². The average Bonchev–Trinajstić information content (AvgIpc) is 2.77. The minimum Gasteiger partial charge on any atom is -0.353 e. The minimum atomic E-state index is 0.394. The lowest BCUT2D eigenvalue weighted by atomic mass is 10.2. The molecule has 1 fully saturated rings. The van der Waals surface area contributed by atoms with E-state index in [1.165, 1.54) is 18.6 Å². The van der Waals surface area contributed by atoms with E-state index in [-0.39, 0.29) is 0 Å². The van der Waals surface area contributed by atoms with Gasteiger partial charge in [0.05, 0.1) is 0 Å². The van der Waals surface area contributed by atoms with Crippen molar-refractivity contribution in [2.75, 3.05) is 23.5 Å². The number of rotatable bonds is 4. The molecule has 18 heavy (non-hydrogen) atoms. The van der Waals surface area contributed by atoms with Gasteiger partial charge in [0, 0.05) is 36.0 Å². The number of hydrogen-bond donors (Lipinski definition) is 0. The van der Waals surface area contributed by atoms with Crippen LogP contribution >= 0.6 is 11.8 Å². The molecule has 1 aliphatic heterocycles. The van der Waals surface area contributed by atoms with Crippen LogP contribution in [0.15, 0.2) is 6.07 Å². The van der Waals surface area contributed by atoms with Crippen LogP contribution in [0.4, 0.5) is 5.82 Å². The van der Waals surface area contributed by atoms with Gasteiger partial charge in [-0.25, -0.2) is 9.97 Å². The van der Waals surface area contributed by atoms with Gasteiger partial charge in [0.15, 0.2) is 0 Å². The fraction of sp³-hybridized carbons (Fsp3) is 0.714. The van der Waals surface area contributed by atoms with Gasteiger partial charge >= 0.3 is 0 Å². The molecule has 100 valence electrons. The first-order valence-corrected chi connectivity index (χ1v) is 8.12. The Kier molecular flexibility index (Phi) is 4.49. The summed E-state index contributed by atoms with van der Waals surface area (Å²) in [5, 5.41) is 0. The zero-order chi connectivity index (χ0) is 13.1. The fourth-order valence-electron chi connectivity index (χ4n) is 2.48. The van der Waals surface area contributed by atoms with E-state index in [2.05, 4.69) is 43.0 Å². The maximum absolute atomic E-state index is 4.75. The number of hydrogen-bond acceptors (Lipinski definition) is 4. The number of nitrogens with zero attached hydrogens (tertiary/aromatic N) is 3. The zero-order valence-electron chi connectivity index (χ0n) is 11.8. The summed E-state index contributed by atoms with van der Waals surface area (Å²) in [5.74, 6) is 3.69. The normalized spacial score (nSPS) is 19.8. The summed E-state index contributed by atoms with van der Waals surface area (Å²) in [7, 11) is 0. The molecule has 0 aliphatic carbocycles. The maximum atomic E-state index is 4.75. The Morgan fingerprint density at radius 3 is 2.89 bits per heavy atom. The summed E-state index contributed by atoms with van der Waals surface area (Å²) in [6, 6.07) is 2.78. The molecule has 2 rings (SSSR count). The van der Waals surface area contributed by atoms with Crippen LogP contribution in [0.25, 0.3) is 0 Å². The van der Waals surface area contributed by atoms with E-state index in [9.17, 15) is 0 Å². The van der Waals surface area contributed by atoms with Crippen molar-refractivity contribution in [2.24, 2.45) is 0 Å². The van der Waals surface area contributed by atoms with E-state index in [0.717, 1.165) is 23.9 Å². The molecular formula is C14H23N3S. The summed E-state index contributed by atoms with van der Waals surface area (Å²) in [6.45, 7) is 7.51. The average molecular weight is 265 g/mol. The molecule has 0 N–H and O–H groups in total. The van der Waals surface area contributed by atoms with Gasteiger partial charge in [-0.15, -0.1) is 0 Å². The first-order valence-electron chi connectivity index (χ1n) is 6.73. The van der Waals surface area contributed by atoms with Gasteiger partial charge in [-0.2, -0.15) is 11.8 Å². The van der Waals surface area contributed by atoms with Crippen molar-refractivity contribution in [1.29, 1.82) is 0 Å².